The van der Waals surface area contributed by atoms with Crippen LogP contribution in [-0.4, -0.2) is 0 Å². The summed E-state index contributed by atoms with van der Waals surface area (Å²) in [6, 6.07) is 5.29. The molecule has 12 heavy (non-hydrogen) atoms. The lowest BCUT2D eigenvalue weighted by molar-refractivity contribution is 0.611. The molecule has 0 aromatic heterocycles. The first-order valence-corrected chi connectivity index (χ1v) is 4.24. The second-order valence-corrected chi connectivity index (χ2v) is 3.16. The Kier molecular flexibility index (Phi) is 2.85. The predicted octanol–water partition coefficient (Wildman–Crippen LogP) is 3.35. The summed E-state index contributed by atoms with van der Waals surface area (Å²) < 4.78 is 13.0. The van der Waals surface area contributed by atoms with Gasteiger partial charge in [0.15, 0.2) is 0 Å². The fourth-order valence-corrected chi connectivity index (χ4v) is 1.16. The van der Waals surface area contributed by atoms with Crippen molar-refractivity contribution in [3.05, 3.63) is 41.1 Å². The molecule has 0 unspecified atom stereocenters. The first-order chi connectivity index (χ1) is 5.65. The molecule has 0 atom stereocenters. The molecule has 0 fully saturated rings. The molecule has 1 rings (SSSR count). The highest BCUT2D eigenvalue weighted by molar-refractivity contribution is 5.33. The van der Waals surface area contributed by atoms with Gasteiger partial charge in [-0.3, -0.25) is 0 Å². The van der Waals surface area contributed by atoms with Crippen LogP contribution in [0.3, 0.4) is 0 Å². The van der Waals surface area contributed by atoms with Crippen molar-refractivity contribution in [2.24, 2.45) is 0 Å². The molecule has 0 aliphatic carbocycles. The minimum Gasteiger partial charge on any atom is -0.207 e. The van der Waals surface area contributed by atoms with Crippen molar-refractivity contribution >= 4 is 0 Å². The van der Waals surface area contributed by atoms with E-state index in [0.29, 0.717) is 0 Å². The third kappa shape index (κ3) is 1.84. The maximum Gasteiger partial charge on any atom is 0.126 e. The average Bonchev–Trinajstić information content (AvgIpc) is 2.05. The monoisotopic (exact) mass is 165 g/mol. The SMILES string of the molecule is CCc1cc([C](C)C)ccc1F. The molecule has 0 saturated carbocycles. The predicted molar refractivity (Wildman–Crippen MR) is 49.5 cm³/mol. The van der Waals surface area contributed by atoms with Gasteiger partial charge in [-0.05, 0) is 29.5 Å². The van der Waals surface area contributed by atoms with Crippen molar-refractivity contribution in [1.29, 1.82) is 0 Å². The third-order valence-electron chi connectivity index (χ3n) is 2.00. The second kappa shape index (κ2) is 3.70. The summed E-state index contributed by atoms with van der Waals surface area (Å²) in [7, 11) is 0. The van der Waals surface area contributed by atoms with Gasteiger partial charge in [-0.2, -0.15) is 0 Å². The topological polar surface area (TPSA) is 0 Å². The van der Waals surface area contributed by atoms with E-state index in [1.807, 2.05) is 32.9 Å². The maximum absolute atomic E-state index is 13.0. The maximum atomic E-state index is 13.0. The average molecular weight is 165 g/mol. The van der Waals surface area contributed by atoms with Crippen LogP contribution in [0.2, 0.25) is 0 Å². The van der Waals surface area contributed by atoms with E-state index in [-0.39, 0.29) is 5.82 Å². The van der Waals surface area contributed by atoms with Crippen LogP contribution in [0.15, 0.2) is 18.2 Å². The number of rotatable bonds is 2. The largest absolute Gasteiger partial charge is 0.207 e. The van der Waals surface area contributed by atoms with Gasteiger partial charge in [0, 0.05) is 0 Å². The van der Waals surface area contributed by atoms with Crippen LogP contribution in [0.1, 0.15) is 31.9 Å². The van der Waals surface area contributed by atoms with Gasteiger partial charge in [-0.25, -0.2) is 4.39 Å². The number of halogens is 1. The zero-order valence-corrected chi connectivity index (χ0v) is 7.82. The molecule has 0 saturated heterocycles. The molecule has 0 amide bonds. The number of aryl methyl sites for hydroxylation is 1. The fraction of sp³-hybridized carbons (Fsp3) is 0.364. The summed E-state index contributed by atoms with van der Waals surface area (Å²) in [5.74, 6) is 1.13. The Morgan fingerprint density at radius 3 is 2.50 bits per heavy atom. The highest BCUT2D eigenvalue weighted by Crippen LogP contribution is 2.17. The summed E-state index contributed by atoms with van der Waals surface area (Å²) >= 11 is 0. The quantitative estimate of drug-likeness (QED) is 0.630. The Labute approximate surface area is 73.4 Å². The first kappa shape index (κ1) is 9.24. The van der Waals surface area contributed by atoms with Gasteiger partial charge in [0.05, 0.1) is 0 Å². The van der Waals surface area contributed by atoms with Crippen LogP contribution >= 0.6 is 0 Å². The molecule has 65 valence electrons. The minimum absolute atomic E-state index is 0.0949. The molecular weight excluding hydrogens is 151 g/mol. The molecule has 0 nitrogen and oxygen atoms in total. The van der Waals surface area contributed by atoms with E-state index in [0.717, 1.165) is 17.5 Å². The Morgan fingerprint density at radius 2 is 2.00 bits per heavy atom. The molecule has 1 aromatic rings. The van der Waals surface area contributed by atoms with Gasteiger partial charge in [-0.15, -0.1) is 0 Å². The molecule has 0 bridgehead atoms. The normalized spacial score (nSPS) is 10.8. The Hall–Kier alpha value is -0.850. The van der Waals surface area contributed by atoms with Crippen molar-refractivity contribution in [2.75, 3.05) is 0 Å². The summed E-state index contributed by atoms with van der Waals surface area (Å²) in [6.45, 7) is 6.03. The first-order valence-electron chi connectivity index (χ1n) is 4.24. The molecule has 0 aliphatic rings. The van der Waals surface area contributed by atoms with Crippen LogP contribution in [0.5, 0.6) is 0 Å². The van der Waals surface area contributed by atoms with Gasteiger partial charge in [0.2, 0.25) is 0 Å². The Morgan fingerprint density at radius 1 is 1.33 bits per heavy atom. The van der Waals surface area contributed by atoms with E-state index in [2.05, 4.69) is 0 Å². The highest BCUT2D eigenvalue weighted by Gasteiger charge is 2.03. The molecule has 1 aromatic carbocycles. The lowest BCUT2D eigenvalue weighted by Crippen LogP contribution is -1.93. The summed E-state index contributed by atoms with van der Waals surface area (Å²) in [6.07, 6.45) is 0.757. The second-order valence-electron chi connectivity index (χ2n) is 3.16. The smallest absolute Gasteiger partial charge is 0.126 e. The number of hydrogen-bond acceptors (Lipinski definition) is 0. The van der Waals surface area contributed by atoms with Gasteiger partial charge in [0.25, 0.3) is 0 Å². The number of benzene rings is 1. The molecule has 1 radical (unpaired) electrons. The number of hydrogen-bond donors (Lipinski definition) is 0. The van der Waals surface area contributed by atoms with E-state index in [1.165, 1.54) is 5.92 Å². The Bertz CT molecular complexity index is 264. The van der Waals surface area contributed by atoms with Crippen molar-refractivity contribution < 1.29 is 4.39 Å². The zero-order chi connectivity index (χ0) is 9.14. The van der Waals surface area contributed by atoms with Crippen molar-refractivity contribution in [3.8, 4) is 0 Å². The van der Waals surface area contributed by atoms with Crippen LogP contribution in [0.4, 0.5) is 4.39 Å². The third-order valence-corrected chi connectivity index (χ3v) is 2.00. The molecule has 0 N–H and O–H groups in total. The summed E-state index contributed by atoms with van der Waals surface area (Å²) in [5, 5.41) is 0. The molecule has 0 aliphatic heterocycles. The van der Waals surface area contributed by atoms with E-state index in [9.17, 15) is 4.39 Å². The lowest BCUT2D eigenvalue weighted by atomic mass is 10.00. The van der Waals surface area contributed by atoms with Crippen molar-refractivity contribution in [3.63, 3.8) is 0 Å². The standard InChI is InChI=1S/C11H14F/c1-4-9-7-10(8(2)3)5-6-11(9)12/h5-7H,4H2,1-3H3. The minimum atomic E-state index is -0.0949. The van der Waals surface area contributed by atoms with E-state index >= 15 is 0 Å². The van der Waals surface area contributed by atoms with Gasteiger partial charge >= 0.3 is 0 Å². The highest BCUT2D eigenvalue weighted by atomic mass is 19.1. The lowest BCUT2D eigenvalue weighted by Gasteiger charge is -2.06. The molecular formula is C11H14F. The van der Waals surface area contributed by atoms with E-state index < -0.39 is 0 Å². The van der Waals surface area contributed by atoms with E-state index in [1.54, 1.807) is 6.07 Å². The van der Waals surface area contributed by atoms with Crippen LogP contribution in [-0.2, 0) is 6.42 Å². The zero-order valence-electron chi connectivity index (χ0n) is 7.82. The van der Waals surface area contributed by atoms with Crippen molar-refractivity contribution in [2.45, 2.75) is 27.2 Å². The summed E-state index contributed by atoms with van der Waals surface area (Å²) in [5.41, 5.74) is 1.93. The van der Waals surface area contributed by atoms with Crippen LogP contribution in [0, 0.1) is 11.7 Å². The van der Waals surface area contributed by atoms with Gasteiger partial charge in [-0.1, -0.05) is 32.9 Å². The van der Waals surface area contributed by atoms with Gasteiger partial charge in [0.1, 0.15) is 5.82 Å². The van der Waals surface area contributed by atoms with Gasteiger partial charge < -0.3 is 0 Å². The molecule has 1 heteroatoms. The molecule has 0 spiro atoms. The van der Waals surface area contributed by atoms with E-state index in [4.69, 9.17) is 0 Å². The fourth-order valence-electron chi connectivity index (χ4n) is 1.16. The molecule has 0 heterocycles. The van der Waals surface area contributed by atoms with Crippen LogP contribution < -0.4 is 0 Å². The Balaban J connectivity index is 3.05. The van der Waals surface area contributed by atoms with Crippen molar-refractivity contribution in [1.82, 2.24) is 0 Å². The summed E-state index contributed by atoms with van der Waals surface area (Å²) in [4.78, 5) is 0. The van der Waals surface area contributed by atoms with Crippen LogP contribution in [0.25, 0.3) is 0 Å².